The normalized spacial score (nSPS) is 23.6. The van der Waals surface area contributed by atoms with Crippen LogP contribution in [0.2, 0.25) is 0 Å². The van der Waals surface area contributed by atoms with Gasteiger partial charge in [-0.25, -0.2) is 0 Å². The Morgan fingerprint density at radius 1 is 0.821 bits per heavy atom. The summed E-state index contributed by atoms with van der Waals surface area (Å²) in [5.74, 6) is -1.81. The Morgan fingerprint density at radius 2 is 1.33 bits per heavy atom. The zero-order valence-corrected chi connectivity index (χ0v) is 22.7. The maximum atomic E-state index is 15.5. The summed E-state index contributed by atoms with van der Waals surface area (Å²) in [5, 5.41) is 7.00. The molecule has 1 aliphatic rings. The van der Waals surface area contributed by atoms with E-state index in [0.29, 0.717) is 0 Å². The molecule has 0 aliphatic carbocycles. The molecule has 1 heterocycles. The minimum atomic E-state index is -3.66. The van der Waals surface area contributed by atoms with Gasteiger partial charge in [-0.3, -0.25) is 20.0 Å². The molecule has 4 aromatic rings. The monoisotopic (exact) mass is 540 g/mol. The molecule has 4 aromatic carbocycles. The molecule has 0 amide bonds. The number of nitrogens with one attached hydrogen (secondary N) is 2. The zero-order chi connectivity index (χ0) is 27.1. The average Bonchev–Trinajstić information content (AvgIpc) is 2.99. The lowest BCUT2D eigenvalue weighted by molar-refractivity contribution is -0.142. The van der Waals surface area contributed by atoms with Crippen molar-refractivity contribution in [2.24, 2.45) is 0 Å². The van der Waals surface area contributed by atoms with Gasteiger partial charge in [-0.15, -0.1) is 0 Å². The molecule has 1 fully saturated rings. The van der Waals surface area contributed by atoms with E-state index >= 15 is 4.57 Å². The molecule has 6 nitrogen and oxygen atoms in total. The molecular formula is C32H33N2O4P. The average molecular weight is 541 g/mol. The Labute approximate surface area is 229 Å². The van der Waals surface area contributed by atoms with E-state index in [-0.39, 0.29) is 19.2 Å². The van der Waals surface area contributed by atoms with Crippen LogP contribution in [0.15, 0.2) is 121 Å². The number of rotatable bonds is 9. The molecule has 5 rings (SSSR count). The van der Waals surface area contributed by atoms with E-state index in [1.807, 2.05) is 109 Å². The Hall–Kier alpha value is -3.54. The molecule has 200 valence electrons. The van der Waals surface area contributed by atoms with E-state index in [0.717, 1.165) is 22.3 Å². The largest absolute Gasteiger partial charge is 0.465 e. The van der Waals surface area contributed by atoms with Gasteiger partial charge in [0.15, 0.2) is 0 Å². The predicted octanol–water partition coefficient (Wildman–Crippen LogP) is 6.92. The van der Waals surface area contributed by atoms with E-state index in [1.54, 1.807) is 6.92 Å². The third-order valence-electron chi connectivity index (χ3n) is 6.90. The highest BCUT2D eigenvalue weighted by Gasteiger charge is 2.52. The van der Waals surface area contributed by atoms with Crippen LogP contribution in [0.1, 0.15) is 52.9 Å². The minimum absolute atomic E-state index is 0.0968. The van der Waals surface area contributed by atoms with Crippen molar-refractivity contribution in [3.8, 4) is 0 Å². The Morgan fingerprint density at radius 3 is 1.90 bits per heavy atom. The summed E-state index contributed by atoms with van der Waals surface area (Å²) in [6.07, 6.45) is -0.532. The molecule has 0 bridgehead atoms. The van der Waals surface area contributed by atoms with Crippen molar-refractivity contribution in [3.63, 3.8) is 0 Å². The molecule has 0 spiro atoms. The number of carbonyl (C=O) groups excluding carboxylic acids is 1. The molecule has 0 radical (unpaired) electrons. The molecule has 5 atom stereocenters. The quantitative estimate of drug-likeness (QED) is 0.177. The van der Waals surface area contributed by atoms with Gasteiger partial charge in [0.1, 0.15) is 17.7 Å². The van der Waals surface area contributed by atoms with Crippen molar-refractivity contribution < 1.29 is 18.6 Å². The molecular weight excluding hydrogens is 507 g/mol. The summed E-state index contributed by atoms with van der Waals surface area (Å²) in [5.41, 5.74) is 3.59. The molecule has 0 saturated carbocycles. The smallest absolute Gasteiger partial charge is 0.319 e. The maximum Gasteiger partial charge on any atom is 0.319 e. The lowest BCUT2D eigenvalue weighted by Crippen LogP contribution is -2.41. The van der Waals surface area contributed by atoms with Crippen LogP contribution in [-0.2, 0) is 18.6 Å². The third-order valence-corrected chi connectivity index (χ3v) is 9.82. The fraction of sp³-hybridized carbons (Fsp3) is 0.219. The maximum absolute atomic E-state index is 15.5. The van der Waals surface area contributed by atoms with E-state index in [4.69, 9.17) is 9.26 Å². The zero-order valence-electron chi connectivity index (χ0n) is 21.9. The van der Waals surface area contributed by atoms with E-state index < -0.39 is 31.0 Å². The fourth-order valence-corrected chi connectivity index (χ4v) is 8.15. The van der Waals surface area contributed by atoms with Gasteiger partial charge < -0.3 is 9.26 Å². The van der Waals surface area contributed by atoms with Crippen LogP contribution in [-0.4, -0.2) is 19.1 Å². The number of hydrogen-bond donors (Lipinski definition) is 2. The first-order valence-corrected chi connectivity index (χ1v) is 15.0. The first-order valence-electron chi connectivity index (χ1n) is 13.2. The van der Waals surface area contributed by atoms with Crippen LogP contribution in [0.4, 0.5) is 0 Å². The fourth-order valence-electron chi connectivity index (χ4n) is 5.12. The topological polar surface area (TPSA) is 76.7 Å². The van der Waals surface area contributed by atoms with Crippen molar-refractivity contribution in [2.75, 3.05) is 13.2 Å². The van der Waals surface area contributed by atoms with Crippen molar-refractivity contribution in [1.29, 1.82) is 0 Å². The van der Waals surface area contributed by atoms with Crippen molar-refractivity contribution >= 4 is 13.3 Å². The Kier molecular flexibility index (Phi) is 8.70. The van der Waals surface area contributed by atoms with Crippen LogP contribution in [0, 0.1) is 0 Å². The highest BCUT2D eigenvalue weighted by molar-refractivity contribution is 7.59. The molecule has 0 aromatic heterocycles. The van der Waals surface area contributed by atoms with Gasteiger partial charge >= 0.3 is 5.97 Å². The summed E-state index contributed by atoms with van der Waals surface area (Å²) in [4.78, 5) is 12.4. The SMILES string of the molecule is CCOC(=O)CN[C@H](c1ccccc1)P1(=O)O[C@@H](c2ccccc2)[C@@H](c2ccccc2)N[C@H]1c1ccccc1. The Balaban J connectivity index is 1.64. The third kappa shape index (κ3) is 6.05. The lowest BCUT2D eigenvalue weighted by atomic mass is 9.95. The number of ether oxygens (including phenoxy) is 1. The predicted molar refractivity (Wildman–Crippen MR) is 153 cm³/mol. The van der Waals surface area contributed by atoms with Crippen molar-refractivity contribution in [2.45, 2.75) is 30.6 Å². The van der Waals surface area contributed by atoms with Gasteiger partial charge in [-0.1, -0.05) is 121 Å². The van der Waals surface area contributed by atoms with Crippen LogP contribution in [0.25, 0.3) is 0 Å². The van der Waals surface area contributed by atoms with Gasteiger partial charge in [0.2, 0.25) is 7.37 Å². The number of esters is 1. The van der Waals surface area contributed by atoms with Gasteiger partial charge in [-0.2, -0.15) is 0 Å². The lowest BCUT2D eigenvalue weighted by Gasteiger charge is -2.46. The number of carbonyl (C=O) groups is 1. The number of hydrogen-bond acceptors (Lipinski definition) is 6. The summed E-state index contributed by atoms with van der Waals surface area (Å²) < 4.78 is 27.6. The summed E-state index contributed by atoms with van der Waals surface area (Å²) in [6, 6.07) is 39.0. The van der Waals surface area contributed by atoms with Gasteiger partial charge in [0.25, 0.3) is 0 Å². The second kappa shape index (κ2) is 12.5. The van der Waals surface area contributed by atoms with E-state index in [9.17, 15) is 4.79 Å². The highest BCUT2D eigenvalue weighted by Crippen LogP contribution is 2.73. The molecule has 1 saturated heterocycles. The summed E-state index contributed by atoms with van der Waals surface area (Å²) in [6.45, 7) is 1.94. The Bertz CT molecular complexity index is 1390. The second-order valence-corrected chi connectivity index (χ2v) is 12.0. The summed E-state index contributed by atoms with van der Waals surface area (Å²) >= 11 is 0. The molecule has 1 unspecified atom stereocenters. The first kappa shape index (κ1) is 27.0. The van der Waals surface area contributed by atoms with Crippen LogP contribution >= 0.6 is 7.37 Å². The summed E-state index contributed by atoms with van der Waals surface area (Å²) in [7, 11) is -3.66. The molecule has 7 heteroatoms. The second-order valence-electron chi connectivity index (χ2n) is 9.45. The molecule has 1 aliphatic heterocycles. The van der Waals surface area contributed by atoms with Gasteiger partial charge in [-0.05, 0) is 29.2 Å². The van der Waals surface area contributed by atoms with Crippen LogP contribution < -0.4 is 10.6 Å². The van der Waals surface area contributed by atoms with Crippen LogP contribution in [0.5, 0.6) is 0 Å². The minimum Gasteiger partial charge on any atom is -0.465 e. The van der Waals surface area contributed by atoms with Crippen molar-refractivity contribution in [1.82, 2.24) is 10.6 Å². The first-order chi connectivity index (χ1) is 19.1. The van der Waals surface area contributed by atoms with Gasteiger partial charge in [0, 0.05) is 0 Å². The standard InChI is InChI=1S/C32H33N2O4P/c1-2-37-28(35)23-33-31(26-19-11-5-12-20-26)39(36)32(27-21-13-6-14-22-27)34-29(24-15-7-3-8-16-24)30(38-39)25-17-9-4-10-18-25/h3-22,29-34H,2,23H2,1H3/t29-,30+,31+,32-,39?/m1/s1. The van der Waals surface area contributed by atoms with E-state index in [1.165, 1.54) is 0 Å². The van der Waals surface area contributed by atoms with Crippen LogP contribution in [0.3, 0.4) is 0 Å². The van der Waals surface area contributed by atoms with Crippen molar-refractivity contribution in [3.05, 3.63) is 144 Å². The van der Waals surface area contributed by atoms with E-state index in [2.05, 4.69) is 22.8 Å². The molecule has 2 N–H and O–H groups in total. The highest BCUT2D eigenvalue weighted by atomic mass is 31.2. The number of benzene rings is 4. The molecule has 39 heavy (non-hydrogen) atoms. The van der Waals surface area contributed by atoms with Gasteiger partial charge in [0.05, 0.1) is 19.2 Å².